The zero-order valence-electron chi connectivity index (χ0n) is 22.4. The number of rotatable bonds is 9. The van der Waals surface area contributed by atoms with Gasteiger partial charge in [0.25, 0.3) is 5.91 Å². The van der Waals surface area contributed by atoms with Crippen LogP contribution in [-0.2, 0) is 20.9 Å². The second-order valence-corrected chi connectivity index (χ2v) is 10.3. The van der Waals surface area contributed by atoms with Gasteiger partial charge in [-0.15, -0.1) is 0 Å². The monoisotopic (exact) mass is 530 g/mol. The molecule has 0 saturated carbocycles. The summed E-state index contributed by atoms with van der Waals surface area (Å²) in [7, 11) is 0. The van der Waals surface area contributed by atoms with Crippen LogP contribution in [0.25, 0.3) is 0 Å². The highest BCUT2D eigenvalue weighted by molar-refractivity contribution is 6.06. The highest BCUT2D eigenvalue weighted by atomic mass is 16.6. The molecule has 0 aliphatic carbocycles. The lowest BCUT2D eigenvalue weighted by atomic mass is 10.1. The molecule has 3 N–H and O–H groups in total. The van der Waals surface area contributed by atoms with Gasteiger partial charge in [0, 0.05) is 24.3 Å². The Balaban J connectivity index is 1.24. The van der Waals surface area contributed by atoms with Crippen molar-refractivity contribution >= 4 is 35.0 Å². The zero-order chi connectivity index (χ0) is 27.8. The van der Waals surface area contributed by atoms with Gasteiger partial charge in [-0.2, -0.15) is 0 Å². The van der Waals surface area contributed by atoms with Crippen molar-refractivity contribution in [3.63, 3.8) is 0 Å². The van der Waals surface area contributed by atoms with Crippen LogP contribution in [0.2, 0.25) is 0 Å². The molecule has 9 heteroatoms. The molecule has 1 aliphatic heterocycles. The lowest BCUT2D eigenvalue weighted by molar-refractivity contribution is -0.142. The number of carbonyl (C=O) groups is 3. The van der Waals surface area contributed by atoms with Crippen LogP contribution in [0.5, 0.6) is 0 Å². The summed E-state index contributed by atoms with van der Waals surface area (Å²) in [6, 6.07) is 23.9. The van der Waals surface area contributed by atoms with Gasteiger partial charge in [-0.3, -0.25) is 9.59 Å². The summed E-state index contributed by atoms with van der Waals surface area (Å²) in [5.74, 6) is -0.675. The molecule has 1 heterocycles. The van der Waals surface area contributed by atoms with Gasteiger partial charge in [0.1, 0.15) is 18.8 Å². The molecule has 204 valence electrons. The van der Waals surface area contributed by atoms with E-state index in [0.29, 0.717) is 30.0 Å². The number of esters is 1. The van der Waals surface area contributed by atoms with Gasteiger partial charge < -0.3 is 30.3 Å². The van der Waals surface area contributed by atoms with E-state index in [2.05, 4.69) is 16.0 Å². The molecule has 2 amide bonds. The van der Waals surface area contributed by atoms with Crippen molar-refractivity contribution in [2.75, 3.05) is 35.6 Å². The first-order chi connectivity index (χ1) is 18.7. The van der Waals surface area contributed by atoms with Crippen LogP contribution >= 0.6 is 0 Å². The Morgan fingerprint density at radius 2 is 1.51 bits per heavy atom. The second-order valence-electron chi connectivity index (χ2n) is 10.3. The normalized spacial score (nSPS) is 13.2. The fraction of sp³-hybridized carbons (Fsp3) is 0.300. The van der Waals surface area contributed by atoms with Gasteiger partial charge in [-0.25, -0.2) is 4.79 Å². The standard InChI is InChI=1S/C30H34N4O5/c1-30(2,3)39-29(37)34-18-24(19-34)32-23-15-13-22(14-16-23)28(36)33-26-12-8-7-11-25(26)31-17-27(35)38-20-21-9-5-4-6-10-21/h4-16,24,31-32H,17-20H2,1-3H3,(H,33,36). The quantitative estimate of drug-likeness (QED) is 0.329. The van der Waals surface area contributed by atoms with Crippen LogP contribution in [0, 0.1) is 0 Å². The number of amides is 2. The topological polar surface area (TPSA) is 109 Å². The molecule has 0 aromatic heterocycles. The molecule has 0 spiro atoms. The van der Waals surface area contributed by atoms with E-state index in [1.165, 1.54) is 0 Å². The molecule has 0 radical (unpaired) electrons. The van der Waals surface area contributed by atoms with Gasteiger partial charge >= 0.3 is 12.1 Å². The first-order valence-electron chi connectivity index (χ1n) is 12.8. The van der Waals surface area contributed by atoms with Gasteiger partial charge in [0.05, 0.1) is 17.4 Å². The lowest BCUT2D eigenvalue weighted by Crippen LogP contribution is -2.57. The van der Waals surface area contributed by atoms with Crippen LogP contribution in [-0.4, -0.2) is 54.1 Å². The van der Waals surface area contributed by atoms with Crippen LogP contribution in [0.4, 0.5) is 21.9 Å². The van der Waals surface area contributed by atoms with Crippen LogP contribution in [0.15, 0.2) is 78.9 Å². The molecule has 1 saturated heterocycles. The summed E-state index contributed by atoms with van der Waals surface area (Å²) >= 11 is 0. The summed E-state index contributed by atoms with van der Waals surface area (Å²) in [5.41, 5.74) is 2.91. The van der Waals surface area contributed by atoms with E-state index in [-0.39, 0.29) is 31.2 Å². The molecular formula is C30H34N4O5. The molecule has 1 fully saturated rings. The molecule has 3 aromatic carbocycles. The number of hydrogen-bond acceptors (Lipinski definition) is 7. The predicted octanol–water partition coefficient (Wildman–Crippen LogP) is 5.13. The van der Waals surface area contributed by atoms with Crippen LogP contribution in [0.3, 0.4) is 0 Å². The van der Waals surface area contributed by atoms with Gasteiger partial charge in [0.2, 0.25) is 0 Å². The van der Waals surface area contributed by atoms with Crippen molar-refractivity contribution in [1.29, 1.82) is 0 Å². The number of carbonyl (C=O) groups excluding carboxylic acids is 3. The van der Waals surface area contributed by atoms with E-state index in [0.717, 1.165) is 11.3 Å². The largest absolute Gasteiger partial charge is 0.460 e. The Labute approximate surface area is 228 Å². The number of nitrogens with zero attached hydrogens (tertiary/aromatic N) is 1. The van der Waals surface area contributed by atoms with E-state index < -0.39 is 11.6 Å². The fourth-order valence-electron chi connectivity index (χ4n) is 3.90. The number of benzene rings is 3. The Bertz CT molecular complexity index is 1280. The predicted molar refractivity (Wildman–Crippen MR) is 151 cm³/mol. The number of ether oxygens (including phenoxy) is 2. The van der Waals surface area contributed by atoms with Gasteiger partial charge in [0.15, 0.2) is 0 Å². The number of hydrogen-bond donors (Lipinski definition) is 3. The lowest BCUT2D eigenvalue weighted by Gasteiger charge is -2.40. The Kier molecular flexibility index (Phi) is 8.70. The summed E-state index contributed by atoms with van der Waals surface area (Å²) in [6.45, 7) is 6.81. The van der Waals surface area contributed by atoms with E-state index in [9.17, 15) is 14.4 Å². The van der Waals surface area contributed by atoms with Crippen molar-refractivity contribution in [2.24, 2.45) is 0 Å². The third-order valence-electron chi connectivity index (χ3n) is 5.89. The highest BCUT2D eigenvalue weighted by Gasteiger charge is 2.33. The minimum Gasteiger partial charge on any atom is -0.460 e. The molecule has 0 bridgehead atoms. The SMILES string of the molecule is CC(C)(C)OC(=O)N1CC(Nc2ccc(C(=O)Nc3ccccc3NCC(=O)OCc3ccccc3)cc2)C1. The van der Waals surface area contributed by atoms with Gasteiger partial charge in [-0.05, 0) is 62.7 Å². The third-order valence-corrected chi connectivity index (χ3v) is 5.89. The fourth-order valence-corrected chi connectivity index (χ4v) is 3.90. The Morgan fingerprint density at radius 3 is 2.18 bits per heavy atom. The van der Waals surface area contributed by atoms with Crippen LogP contribution in [0.1, 0.15) is 36.7 Å². The van der Waals surface area contributed by atoms with E-state index in [1.54, 1.807) is 35.2 Å². The van der Waals surface area contributed by atoms with Crippen molar-refractivity contribution in [3.8, 4) is 0 Å². The van der Waals surface area contributed by atoms with Crippen molar-refractivity contribution in [1.82, 2.24) is 4.90 Å². The number of para-hydroxylation sites is 2. The number of anilines is 3. The van der Waals surface area contributed by atoms with Crippen LogP contribution < -0.4 is 16.0 Å². The first kappa shape index (κ1) is 27.5. The minimum absolute atomic E-state index is 0.0351. The van der Waals surface area contributed by atoms with Crippen molar-refractivity contribution in [3.05, 3.63) is 90.0 Å². The van der Waals surface area contributed by atoms with Crippen molar-refractivity contribution < 1.29 is 23.9 Å². The molecular weight excluding hydrogens is 496 g/mol. The van der Waals surface area contributed by atoms with E-state index >= 15 is 0 Å². The molecule has 39 heavy (non-hydrogen) atoms. The minimum atomic E-state index is -0.517. The third kappa shape index (κ3) is 8.23. The summed E-state index contributed by atoms with van der Waals surface area (Å²) in [5, 5.41) is 9.30. The maximum atomic E-state index is 12.9. The summed E-state index contributed by atoms with van der Waals surface area (Å²) < 4.78 is 10.7. The number of likely N-dealkylation sites (tertiary alicyclic amines) is 1. The smallest absolute Gasteiger partial charge is 0.410 e. The average Bonchev–Trinajstić information content (AvgIpc) is 2.88. The summed E-state index contributed by atoms with van der Waals surface area (Å²) in [4.78, 5) is 38.8. The maximum Gasteiger partial charge on any atom is 0.410 e. The van der Waals surface area contributed by atoms with Crippen molar-refractivity contribution in [2.45, 2.75) is 39.0 Å². The highest BCUT2D eigenvalue weighted by Crippen LogP contribution is 2.23. The van der Waals surface area contributed by atoms with Gasteiger partial charge in [-0.1, -0.05) is 42.5 Å². The van der Waals surface area contributed by atoms with E-state index in [1.807, 2.05) is 69.3 Å². The summed E-state index contributed by atoms with van der Waals surface area (Å²) in [6.07, 6.45) is -0.314. The Hall–Kier alpha value is -4.53. The maximum absolute atomic E-state index is 12.9. The average molecular weight is 531 g/mol. The molecule has 0 unspecified atom stereocenters. The molecule has 3 aromatic rings. The van der Waals surface area contributed by atoms with E-state index in [4.69, 9.17) is 9.47 Å². The Morgan fingerprint density at radius 1 is 0.872 bits per heavy atom. The number of nitrogens with one attached hydrogen (secondary N) is 3. The molecule has 1 aliphatic rings. The first-order valence-corrected chi connectivity index (χ1v) is 12.8. The molecule has 0 atom stereocenters. The molecule has 4 rings (SSSR count). The zero-order valence-corrected chi connectivity index (χ0v) is 22.4. The second kappa shape index (κ2) is 12.3. The molecule has 9 nitrogen and oxygen atoms in total.